The smallest absolute Gasteiger partial charge is 0.165 e. The Hall–Kier alpha value is -2.14. The predicted octanol–water partition coefficient (Wildman–Crippen LogP) is 3.11. The van der Waals surface area contributed by atoms with E-state index in [9.17, 15) is 8.78 Å². The molecule has 5 heteroatoms. The van der Waals surface area contributed by atoms with Crippen LogP contribution in [0.15, 0.2) is 30.3 Å². The molecule has 3 nitrogen and oxygen atoms in total. The maximum absolute atomic E-state index is 13.3. The van der Waals surface area contributed by atoms with Crippen molar-refractivity contribution in [3.8, 4) is 22.6 Å². The number of rotatable bonds is 4. The molecule has 0 aliphatic rings. The van der Waals surface area contributed by atoms with Crippen LogP contribution >= 0.6 is 0 Å². The molecule has 0 bridgehead atoms. The maximum Gasteiger partial charge on any atom is 0.165 e. The van der Waals surface area contributed by atoms with Crippen LogP contribution < -0.4 is 15.2 Å². The first-order valence-electron chi connectivity index (χ1n) is 6.00. The summed E-state index contributed by atoms with van der Waals surface area (Å²) in [5.41, 5.74) is 7.40. The van der Waals surface area contributed by atoms with Crippen LogP contribution in [0.4, 0.5) is 8.78 Å². The molecule has 20 heavy (non-hydrogen) atoms. The minimum atomic E-state index is -0.635. The van der Waals surface area contributed by atoms with Crippen molar-refractivity contribution in [3.05, 3.63) is 47.5 Å². The van der Waals surface area contributed by atoms with E-state index >= 15 is 0 Å². The second kappa shape index (κ2) is 5.88. The van der Waals surface area contributed by atoms with Crippen LogP contribution in [0.1, 0.15) is 5.56 Å². The largest absolute Gasteiger partial charge is 0.493 e. The van der Waals surface area contributed by atoms with Crippen molar-refractivity contribution in [1.29, 1.82) is 0 Å². The molecule has 0 radical (unpaired) electrons. The maximum atomic E-state index is 13.3. The molecular weight excluding hydrogens is 264 g/mol. The highest BCUT2D eigenvalue weighted by Crippen LogP contribution is 2.36. The summed E-state index contributed by atoms with van der Waals surface area (Å²) in [6.07, 6.45) is 0. The summed E-state index contributed by atoms with van der Waals surface area (Å²) in [6.45, 7) is 0.227. The molecule has 0 saturated carbocycles. The van der Waals surface area contributed by atoms with Gasteiger partial charge in [-0.1, -0.05) is 0 Å². The predicted molar refractivity (Wildman–Crippen MR) is 72.8 cm³/mol. The van der Waals surface area contributed by atoms with Gasteiger partial charge in [-0.15, -0.1) is 0 Å². The van der Waals surface area contributed by atoms with Gasteiger partial charge in [-0.05, 0) is 35.4 Å². The fourth-order valence-corrected chi connectivity index (χ4v) is 2.08. The molecule has 0 amide bonds. The van der Waals surface area contributed by atoms with Gasteiger partial charge in [0.25, 0.3) is 0 Å². The van der Waals surface area contributed by atoms with Crippen LogP contribution in [0, 0.1) is 11.6 Å². The third-order valence-electron chi connectivity index (χ3n) is 2.97. The normalized spacial score (nSPS) is 10.4. The van der Waals surface area contributed by atoms with Gasteiger partial charge in [0, 0.05) is 18.2 Å². The molecule has 0 aromatic heterocycles. The average Bonchev–Trinajstić information content (AvgIpc) is 2.44. The fraction of sp³-hybridized carbons (Fsp3) is 0.200. The number of nitrogens with two attached hydrogens (primary N) is 1. The van der Waals surface area contributed by atoms with Gasteiger partial charge in [0.2, 0.25) is 0 Å². The standard InChI is InChI=1S/C15H15F2NO2/c1-19-14-6-9(3-11(8-18)15(14)20-2)10-4-12(16)7-13(17)5-10/h3-7H,8,18H2,1-2H3. The molecule has 0 unspecified atom stereocenters. The van der Waals surface area contributed by atoms with Crippen molar-refractivity contribution < 1.29 is 18.3 Å². The molecule has 0 spiro atoms. The minimum Gasteiger partial charge on any atom is -0.493 e. The van der Waals surface area contributed by atoms with E-state index < -0.39 is 11.6 Å². The minimum absolute atomic E-state index is 0.227. The topological polar surface area (TPSA) is 44.5 Å². The number of ether oxygens (including phenoxy) is 2. The van der Waals surface area contributed by atoms with E-state index in [1.54, 1.807) is 12.1 Å². The van der Waals surface area contributed by atoms with E-state index in [-0.39, 0.29) is 6.54 Å². The SMILES string of the molecule is COc1cc(-c2cc(F)cc(F)c2)cc(CN)c1OC. The summed E-state index contributed by atoms with van der Waals surface area (Å²) in [5.74, 6) is -0.279. The number of hydrogen-bond donors (Lipinski definition) is 1. The van der Waals surface area contributed by atoms with Gasteiger partial charge in [0.05, 0.1) is 14.2 Å². The molecule has 0 fully saturated rings. The van der Waals surface area contributed by atoms with Crippen LogP contribution in [-0.2, 0) is 6.54 Å². The lowest BCUT2D eigenvalue weighted by Crippen LogP contribution is -2.02. The lowest BCUT2D eigenvalue weighted by molar-refractivity contribution is 0.352. The monoisotopic (exact) mass is 279 g/mol. The zero-order chi connectivity index (χ0) is 14.7. The van der Waals surface area contributed by atoms with Gasteiger partial charge in [-0.2, -0.15) is 0 Å². The van der Waals surface area contributed by atoms with Gasteiger partial charge in [0.1, 0.15) is 11.6 Å². The molecule has 106 valence electrons. The van der Waals surface area contributed by atoms with Crippen molar-refractivity contribution in [2.24, 2.45) is 5.73 Å². The Labute approximate surface area is 115 Å². The highest BCUT2D eigenvalue weighted by molar-refractivity contribution is 5.69. The number of hydrogen-bond acceptors (Lipinski definition) is 3. The zero-order valence-corrected chi connectivity index (χ0v) is 11.2. The number of halogens is 2. The molecule has 2 aromatic rings. The molecule has 0 aliphatic carbocycles. The van der Waals surface area contributed by atoms with Gasteiger partial charge >= 0.3 is 0 Å². The first kappa shape index (κ1) is 14.3. The molecule has 0 heterocycles. The van der Waals surface area contributed by atoms with Crippen molar-refractivity contribution in [1.82, 2.24) is 0 Å². The quantitative estimate of drug-likeness (QED) is 0.935. The molecule has 0 atom stereocenters. The highest BCUT2D eigenvalue weighted by atomic mass is 19.1. The molecule has 2 rings (SSSR count). The van der Waals surface area contributed by atoms with Crippen molar-refractivity contribution >= 4 is 0 Å². The van der Waals surface area contributed by atoms with Gasteiger partial charge < -0.3 is 15.2 Å². The molecule has 2 N–H and O–H groups in total. The second-order valence-electron chi connectivity index (χ2n) is 4.23. The van der Waals surface area contributed by atoms with Crippen LogP contribution in [0.25, 0.3) is 11.1 Å². The Balaban J connectivity index is 2.62. The Morgan fingerprint density at radius 1 is 0.900 bits per heavy atom. The Bertz CT molecular complexity index is 584. The lowest BCUT2D eigenvalue weighted by atomic mass is 10.0. The Morgan fingerprint density at radius 2 is 1.50 bits per heavy atom. The summed E-state index contributed by atoms with van der Waals surface area (Å²) in [5, 5.41) is 0. The highest BCUT2D eigenvalue weighted by Gasteiger charge is 2.13. The summed E-state index contributed by atoms with van der Waals surface area (Å²) in [4.78, 5) is 0. The van der Waals surface area contributed by atoms with E-state index in [0.717, 1.165) is 6.07 Å². The first-order valence-corrected chi connectivity index (χ1v) is 6.00. The van der Waals surface area contributed by atoms with Crippen molar-refractivity contribution in [3.63, 3.8) is 0 Å². The third kappa shape index (κ3) is 2.72. The fourth-order valence-electron chi connectivity index (χ4n) is 2.08. The average molecular weight is 279 g/mol. The van der Waals surface area contributed by atoms with E-state index in [2.05, 4.69) is 0 Å². The number of benzene rings is 2. The van der Waals surface area contributed by atoms with E-state index in [0.29, 0.717) is 28.2 Å². The lowest BCUT2D eigenvalue weighted by Gasteiger charge is -2.14. The Kier molecular flexibility index (Phi) is 4.20. The molecule has 0 saturated heterocycles. The first-order chi connectivity index (χ1) is 9.58. The zero-order valence-electron chi connectivity index (χ0n) is 11.2. The van der Waals surface area contributed by atoms with E-state index in [1.165, 1.54) is 26.4 Å². The van der Waals surface area contributed by atoms with Gasteiger partial charge in [-0.3, -0.25) is 0 Å². The third-order valence-corrected chi connectivity index (χ3v) is 2.97. The van der Waals surface area contributed by atoms with Crippen LogP contribution in [0.2, 0.25) is 0 Å². The molecular formula is C15H15F2NO2. The van der Waals surface area contributed by atoms with E-state index in [1.807, 2.05) is 0 Å². The molecule has 2 aromatic carbocycles. The van der Waals surface area contributed by atoms with E-state index in [4.69, 9.17) is 15.2 Å². The summed E-state index contributed by atoms with van der Waals surface area (Å²) >= 11 is 0. The van der Waals surface area contributed by atoms with Gasteiger partial charge in [0.15, 0.2) is 11.5 Å². The van der Waals surface area contributed by atoms with Crippen molar-refractivity contribution in [2.75, 3.05) is 14.2 Å². The van der Waals surface area contributed by atoms with Gasteiger partial charge in [-0.25, -0.2) is 8.78 Å². The summed E-state index contributed by atoms with van der Waals surface area (Å²) in [6, 6.07) is 6.73. The van der Waals surface area contributed by atoms with Crippen LogP contribution in [-0.4, -0.2) is 14.2 Å². The Morgan fingerprint density at radius 3 is 2.00 bits per heavy atom. The summed E-state index contributed by atoms with van der Waals surface area (Å²) in [7, 11) is 3.01. The van der Waals surface area contributed by atoms with Crippen molar-refractivity contribution in [2.45, 2.75) is 6.54 Å². The van der Waals surface area contributed by atoms with Crippen LogP contribution in [0.3, 0.4) is 0 Å². The number of methoxy groups -OCH3 is 2. The van der Waals surface area contributed by atoms with Crippen LogP contribution in [0.5, 0.6) is 11.5 Å². The molecule has 0 aliphatic heterocycles. The summed E-state index contributed by atoms with van der Waals surface area (Å²) < 4.78 is 37.1. The second-order valence-corrected chi connectivity index (χ2v) is 4.23.